The molecule has 1 saturated carbocycles. The van der Waals surface area contributed by atoms with E-state index in [-0.39, 0.29) is 65.3 Å². The zero-order valence-electron chi connectivity index (χ0n) is 30.8. The normalized spacial score (nSPS) is 27.5. The molecule has 2 aliphatic heterocycles. The van der Waals surface area contributed by atoms with Crippen molar-refractivity contribution in [2.45, 2.75) is 94.0 Å². The lowest BCUT2D eigenvalue weighted by molar-refractivity contribution is -0.112. The smallest absolute Gasteiger partial charge is 0.207 e. The molecule has 2 heterocycles. The summed E-state index contributed by atoms with van der Waals surface area (Å²) in [6.45, 7) is 6.38. The van der Waals surface area contributed by atoms with Crippen molar-refractivity contribution < 1.29 is 49.6 Å². The molecule has 3 aromatic rings. The Labute approximate surface area is 319 Å². The van der Waals surface area contributed by atoms with Crippen LogP contribution in [0.1, 0.15) is 99.3 Å². The Hall–Kier alpha value is -3.16. The van der Waals surface area contributed by atoms with E-state index in [4.69, 9.17) is 18.9 Å². The first-order chi connectivity index (χ1) is 25.5. The summed E-state index contributed by atoms with van der Waals surface area (Å²) < 4.78 is 25.0. The van der Waals surface area contributed by atoms with Gasteiger partial charge in [0.2, 0.25) is 11.5 Å². The van der Waals surface area contributed by atoms with E-state index in [0.29, 0.717) is 42.8 Å². The molecule has 10 nitrogen and oxygen atoms in total. The summed E-state index contributed by atoms with van der Waals surface area (Å²) in [5, 5.41) is 67.8. The van der Waals surface area contributed by atoms with E-state index >= 15 is 0 Å². The van der Waals surface area contributed by atoms with Gasteiger partial charge in [-0.05, 0) is 84.7 Å². The second-order valence-corrected chi connectivity index (χ2v) is 18.2. The lowest BCUT2D eigenvalue weighted by Gasteiger charge is -2.54. The third-order valence-electron chi connectivity index (χ3n) is 11.7. The van der Waals surface area contributed by atoms with Crippen molar-refractivity contribution in [3.63, 3.8) is 0 Å². The molecule has 7 rings (SSSR count). The molecule has 0 saturated heterocycles. The fourth-order valence-electron chi connectivity index (χ4n) is 9.03. The van der Waals surface area contributed by atoms with E-state index in [9.17, 15) is 30.6 Å². The van der Waals surface area contributed by atoms with Crippen LogP contribution in [-0.2, 0) is 5.60 Å². The highest BCUT2D eigenvalue weighted by Gasteiger charge is 2.59. The Bertz CT molecular complexity index is 1820. The highest BCUT2D eigenvalue weighted by Crippen LogP contribution is 2.65. The van der Waals surface area contributed by atoms with Crippen molar-refractivity contribution in [1.82, 2.24) is 0 Å². The van der Waals surface area contributed by atoms with Crippen LogP contribution in [0.15, 0.2) is 30.3 Å². The van der Waals surface area contributed by atoms with E-state index in [1.807, 2.05) is 22.9 Å². The van der Waals surface area contributed by atoms with Crippen LogP contribution in [0.4, 0.5) is 0 Å². The highest BCUT2D eigenvalue weighted by molar-refractivity contribution is 8.76. The maximum atomic E-state index is 12.9. The largest absolute Gasteiger partial charge is 0.508 e. The van der Waals surface area contributed by atoms with Crippen LogP contribution in [-0.4, -0.2) is 81.3 Å². The number of benzene rings is 3. The van der Waals surface area contributed by atoms with Crippen LogP contribution in [0, 0.1) is 11.8 Å². The van der Waals surface area contributed by atoms with Crippen LogP contribution in [0.5, 0.6) is 40.2 Å². The maximum Gasteiger partial charge on any atom is 0.207 e. The first kappa shape index (κ1) is 38.1. The van der Waals surface area contributed by atoms with E-state index in [2.05, 4.69) is 20.8 Å². The SMILES string of the molecule is COc1c(O)c(OCCC(C)C)cc([C@@]23CC[C@@H]4SSCC[C@@H](C)CC[C@H]5c6cc(O)ccc6-c6c(OCCO)cc(c(c6[C@H]5CO)[C@H]4[C@H]2O)O3)c1O. The number of methoxy groups -OCH3 is 1. The highest BCUT2D eigenvalue weighted by atomic mass is 33.1. The van der Waals surface area contributed by atoms with Crippen molar-refractivity contribution in [3.05, 3.63) is 52.6 Å². The van der Waals surface area contributed by atoms with Gasteiger partial charge in [0.1, 0.15) is 30.0 Å². The van der Waals surface area contributed by atoms with Crippen molar-refractivity contribution in [1.29, 1.82) is 0 Å². The van der Waals surface area contributed by atoms with E-state index < -0.39 is 23.5 Å². The fraction of sp³-hybridized carbons (Fsp3) is 0.561. The summed E-state index contributed by atoms with van der Waals surface area (Å²) in [7, 11) is 4.96. The molecule has 0 unspecified atom stereocenters. The summed E-state index contributed by atoms with van der Waals surface area (Å²) in [6.07, 6.45) is 3.35. The zero-order chi connectivity index (χ0) is 37.6. The quantitative estimate of drug-likeness (QED) is 0.113. The number of aliphatic hydroxyl groups is 3. The van der Waals surface area contributed by atoms with Gasteiger partial charge in [-0.1, -0.05) is 54.8 Å². The number of rotatable bonds is 10. The molecular weight excluding hydrogens is 717 g/mol. The van der Waals surface area contributed by atoms with E-state index in [0.717, 1.165) is 59.3 Å². The third-order valence-corrected chi connectivity index (χ3v) is 14.7. The van der Waals surface area contributed by atoms with Gasteiger partial charge in [0.25, 0.3) is 0 Å². The minimum atomic E-state index is -1.46. The molecule has 0 spiro atoms. The van der Waals surface area contributed by atoms with Gasteiger partial charge in [-0.25, -0.2) is 0 Å². The summed E-state index contributed by atoms with van der Waals surface area (Å²) >= 11 is 0. The Kier molecular flexibility index (Phi) is 11.2. The molecule has 288 valence electrons. The van der Waals surface area contributed by atoms with E-state index in [1.54, 1.807) is 29.0 Å². The molecule has 3 aromatic carbocycles. The molecule has 0 radical (unpaired) electrons. The van der Waals surface area contributed by atoms with Gasteiger partial charge in [-0.2, -0.15) is 0 Å². The number of hydrogen-bond acceptors (Lipinski definition) is 12. The summed E-state index contributed by atoms with van der Waals surface area (Å²) in [5.41, 5.74) is 3.05. The molecule has 0 amide bonds. The Morgan fingerprint density at radius 3 is 2.47 bits per heavy atom. The third kappa shape index (κ3) is 6.66. The first-order valence-corrected chi connectivity index (χ1v) is 21.2. The summed E-state index contributed by atoms with van der Waals surface area (Å²) in [6, 6.07) is 8.76. The predicted octanol–water partition coefficient (Wildman–Crippen LogP) is 7.54. The van der Waals surface area contributed by atoms with Gasteiger partial charge in [0.15, 0.2) is 17.1 Å². The minimum Gasteiger partial charge on any atom is -0.508 e. The Morgan fingerprint density at radius 2 is 1.74 bits per heavy atom. The van der Waals surface area contributed by atoms with Gasteiger partial charge in [0, 0.05) is 45.6 Å². The van der Waals surface area contributed by atoms with Crippen LogP contribution in [0.3, 0.4) is 0 Å². The topological polar surface area (TPSA) is 158 Å². The van der Waals surface area contributed by atoms with Crippen molar-refractivity contribution in [3.8, 4) is 51.4 Å². The maximum absolute atomic E-state index is 12.9. The van der Waals surface area contributed by atoms with Gasteiger partial charge in [-0.3, -0.25) is 0 Å². The molecule has 12 heteroatoms. The monoisotopic (exact) mass is 768 g/mol. The number of aromatic hydroxyl groups is 3. The second-order valence-electron chi connectivity index (χ2n) is 15.4. The van der Waals surface area contributed by atoms with Crippen LogP contribution in [0.2, 0.25) is 0 Å². The summed E-state index contributed by atoms with van der Waals surface area (Å²) in [5.74, 6) is 1.14. The second kappa shape index (κ2) is 15.5. The van der Waals surface area contributed by atoms with Crippen LogP contribution < -0.4 is 18.9 Å². The number of hydrogen-bond donors (Lipinski definition) is 6. The molecule has 4 bridgehead atoms. The number of ether oxygens (including phenoxy) is 4. The molecule has 53 heavy (non-hydrogen) atoms. The van der Waals surface area contributed by atoms with Crippen molar-refractivity contribution in [2.24, 2.45) is 11.8 Å². The molecule has 2 aliphatic carbocycles. The lowest BCUT2D eigenvalue weighted by atomic mass is 9.62. The molecule has 6 N–H and O–H groups in total. The Balaban J connectivity index is 1.49. The number of phenolic OH excluding ortho intramolecular Hbond substituents is 3. The number of fused-ring (bicyclic) bond motifs is 5. The van der Waals surface area contributed by atoms with Crippen molar-refractivity contribution >= 4 is 21.6 Å². The fourth-order valence-corrected chi connectivity index (χ4v) is 12.2. The van der Waals surface area contributed by atoms with E-state index in [1.165, 1.54) is 7.11 Å². The predicted molar refractivity (Wildman–Crippen MR) is 207 cm³/mol. The van der Waals surface area contributed by atoms with Crippen LogP contribution in [0.25, 0.3) is 11.1 Å². The number of aliphatic hydroxyl groups excluding tert-OH is 3. The Morgan fingerprint density at radius 1 is 0.943 bits per heavy atom. The van der Waals surface area contributed by atoms with Gasteiger partial charge >= 0.3 is 0 Å². The standard InChI is InChI=1S/C41H52O10S2/c1-21(2)10-14-49-31-18-28(37(45)39(48-4)38(31)46)41-12-9-32-36(40(41)47)35-30(51-41)19-29(50-15-13-42)33-25-8-6-23(44)17-26(25)24(27(20-43)34(33)35)7-5-22(3)11-16-52-53-32/h6,8,17-19,21-22,24,27,32,36,40,42-47H,5,7,9-16,20H2,1-4H3/t22-,24-,27-,32-,36-,40+,41-/m0/s1. The van der Waals surface area contributed by atoms with Crippen LogP contribution >= 0.6 is 21.6 Å². The van der Waals surface area contributed by atoms with Gasteiger partial charge < -0.3 is 49.6 Å². The molecule has 4 aliphatic rings. The first-order valence-electron chi connectivity index (χ1n) is 18.8. The lowest BCUT2D eigenvalue weighted by Crippen LogP contribution is -2.57. The van der Waals surface area contributed by atoms with Gasteiger partial charge in [0.05, 0.1) is 26.9 Å². The number of phenols is 3. The molecular formula is C41H52O10S2. The average Bonchev–Trinajstić information content (AvgIpc) is 3.13. The molecule has 1 fully saturated rings. The molecule has 7 atom stereocenters. The minimum absolute atomic E-state index is 0.0166. The zero-order valence-corrected chi connectivity index (χ0v) is 32.5. The van der Waals surface area contributed by atoms with Crippen molar-refractivity contribution in [2.75, 3.05) is 39.3 Å². The summed E-state index contributed by atoms with van der Waals surface area (Å²) in [4.78, 5) is 0. The average molecular weight is 769 g/mol. The van der Waals surface area contributed by atoms with Gasteiger partial charge in [-0.15, -0.1) is 0 Å². The molecule has 0 aromatic heterocycles.